The van der Waals surface area contributed by atoms with Crippen LogP contribution in [0.3, 0.4) is 0 Å². The van der Waals surface area contributed by atoms with Crippen LogP contribution in [0, 0.1) is 0 Å². The SMILES string of the molecule is C=CC(=O)Nc1ccccc1COC. The van der Waals surface area contributed by atoms with Crippen LogP contribution in [0.1, 0.15) is 5.56 Å². The number of amides is 1. The van der Waals surface area contributed by atoms with Gasteiger partial charge in [0, 0.05) is 18.4 Å². The first kappa shape index (κ1) is 10.5. The second kappa shape index (κ2) is 5.19. The summed E-state index contributed by atoms with van der Waals surface area (Å²) in [5.41, 5.74) is 1.71. The number of carbonyl (C=O) groups is 1. The number of rotatable bonds is 4. The van der Waals surface area contributed by atoms with Crippen molar-refractivity contribution in [2.24, 2.45) is 0 Å². The first-order valence-corrected chi connectivity index (χ1v) is 4.28. The Balaban J connectivity index is 2.83. The summed E-state index contributed by atoms with van der Waals surface area (Å²) in [6.45, 7) is 3.87. The lowest BCUT2D eigenvalue weighted by atomic mass is 10.2. The Hall–Kier alpha value is -1.61. The third-order valence-electron chi connectivity index (χ3n) is 1.76. The van der Waals surface area contributed by atoms with E-state index in [1.165, 1.54) is 6.08 Å². The fourth-order valence-electron chi connectivity index (χ4n) is 1.11. The zero-order chi connectivity index (χ0) is 10.4. The summed E-state index contributed by atoms with van der Waals surface area (Å²) in [6.07, 6.45) is 1.24. The highest BCUT2D eigenvalue weighted by molar-refractivity contribution is 5.99. The monoisotopic (exact) mass is 191 g/mol. The molecule has 0 heterocycles. The third-order valence-corrected chi connectivity index (χ3v) is 1.76. The van der Waals surface area contributed by atoms with Gasteiger partial charge in [-0.15, -0.1) is 0 Å². The first-order valence-electron chi connectivity index (χ1n) is 4.28. The number of hydrogen-bond acceptors (Lipinski definition) is 2. The molecule has 0 saturated carbocycles. The molecule has 0 saturated heterocycles. The highest BCUT2D eigenvalue weighted by Crippen LogP contribution is 2.15. The molecule has 0 aromatic heterocycles. The van der Waals surface area contributed by atoms with Crippen molar-refractivity contribution in [3.8, 4) is 0 Å². The van der Waals surface area contributed by atoms with E-state index in [1.54, 1.807) is 7.11 Å². The highest BCUT2D eigenvalue weighted by atomic mass is 16.5. The molecule has 14 heavy (non-hydrogen) atoms. The molecular formula is C11H13NO2. The Morgan fingerprint density at radius 2 is 2.29 bits per heavy atom. The quantitative estimate of drug-likeness (QED) is 0.739. The topological polar surface area (TPSA) is 38.3 Å². The van der Waals surface area contributed by atoms with Gasteiger partial charge in [-0.1, -0.05) is 24.8 Å². The van der Waals surface area contributed by atoms with Crippen molar-refractivity contribution >= 4 is 11.6 Å². The molecule has 74 valence electrons. The number of hydrogen-bond donors (Lipinski definition) is 1. The number of anilines is 1. The van der Waals surface area contributed by atoms with Crippen LogP contribution in [0.4, 0.5) is 5.69 Å². The molecule has 0 bridgehead atoms. The van der Waals surface area contributed by atoms with Gasteiger partial charge in [0.2, 0.25) is 5.91 Å². The first-order chi connectivity index (χ1) is 6.77. The number of methoxy groups -OCH3 is 1. The van der Waals surface area contributed by atoms with Gasteiger partial charge < -0.3 is 10.1 Å². The largest absolute Gasteiger partial charge is 0.380 e. The normalized spacial score (nSPS) is 9.50. The summed E-state index contributed by atoms with van der Waals surface area (Å²) < 4.78 is 5.01. The molecule has 3 nitrogen and oxygen atoms in total. The Bertz CT molecular complexity index is 334. The van der Waals surface area contributed by atoms with Gasteiger partial charge in [0.05, 0.1) is 6.61 Å². The van der Waals surface area contributed by atoms with Crippen LogP contribution in [0.15, 0.2) is 36.9 Å². The summed E-state index contributed by atoms with van der Waals surface area (Å²) in [4.78, 5) is 11.1. The van der Waals surface area contributed by atoms with E-state index in [0.717, 1.165) is 11.3 Å². The molecule has 0 aliphatic heterocycles. The maximum atomic E-state index is 11.1. The molecule has 3 heteroatoms. The zero-order valence-corrected chi connectivity index (χ0v) is 8.12. The van der Waals surface area contributed by atoms with E-state index < -0.39 is 0 Å². The molecule has 0 radical (unpaired) electrons. The van der Waals surface area contributed by atoms with Crippen LogP contribution in [0.25, 0.3) is 0 Å². The Labute approximate surface area is 83.4 Å². The van der Waals surface area contributed by atoms with Gasteiger partial charge in [-0.05, 0) is 12.1 Å². The second-order valence-corrected chi connectivity index (χ2v) is 2.78. The minimum absolute atomic E-state index is 0.214. The fourth-order valence-corrected chi connectivity index (χ4v) is 1.11. The second-order valence-electron chi connectivity index (χ2n) is 2.78. The average Bonchev–Trinajstić information content (AvgIpc) is 2.21. The number of ether oxygens (including phenoxy) is 1. The van der Waals surface area contributed by atoms with Crippen LogP contribution in [-0.4, -0.2) is 13.0 Å². The molecule has 1 aromatic carbocycles. The van der Waals surface area contributed by atoms with Crippen LogP contribution >= 0.6 is 0 Å². The van der Waals surface area contributed by atoms with Crippen molar-refractivity contribution in [2.45, 2.75) is 6.61 Å². The van der Waals surface area contributed by atoms with Crippen LogP contribution in [0.2, 0.25) is 0 Å². The Morgan fingerprint density at radius 3 is 2.93 bits per heavy atom. The summed E-state index contributed by atoms with van der Waals surface area (Å²) in [6, 6.07) is 7.49. The van der Waals surface area contributed by atoms with Crippen molar-refractivity contribution in [1.29, 1.82) is 0 Å². The molecular weight excluding hydrogens is 178 g/mol. The van der Waals surface area contributed by atoms with Gasteiger partial charge in [-0.3, -0.25) is 4.79 Å². The van der Waals surface area contributed by atoms with Crippen molar-refractivity contribution in [3.63, 3.8) is 0 Å². The molecule has 1 aromatic rings. The van der Waals surface area contributed by atoms with Crippen molar-refractivity contribution in [2.75, 3.05) is 12.4 Å². The number of para-hydroxylation sites is 1. The van der Waals surface area contributed by atoms with Gasteiger partial charge >= 0.3 is 0 Å². The number of carbonyl (C=O) groups excluding carboxylic acids is 1. The van der Waals surface area contributed by atoms with E-state index in [1.807, 2.05) is 24.3 Å². The van der Waals surface area contributed by atoms with Crippen LogP contribution in [0.5, 0.6) is 0 Å². The fraction of sp³-hybridized carbons (Fsp3) is 0.182. The molecule has 1 rings (SSSR count). The third kappa shape index (κ3) is 2.71. The maximum Gasteiger partial charge on any atom is 0.247 e. The maximum absolute atomic E-state index is 11.1. The average molecular weight is 191 g/mol. The summed E-state index contributed by atoms with van der Waals surface area (Å²) >= 11 is 0. The van der Waals surface area contributed by atoms with Crippen LogP contribution < -0.4 is 5.32 Å². The number of benzene rings is 1. The van der Waals surface area contributed by atoms with E-state index in [2.05, 4.69) is 11.9 Å². The molecule has 0 atom stereocenters. The Kier molecular flexibility index (Phi) is 3.88. The van der Waals surface area contributed by atoms with E-state index in [9.17, 15) is 4.79 Å². The lowest BCUT2D eigenvalue weighted by Crippen LogP contribution is -2.09. The lowest BCUT2D eigenvalue weighted by Gasteiger charge is -2.08. The van der Waals surface area contributed by atoms with Gasteiger partial charge in [0.25, 0.3) is 0 Å². The van der Waals surface area contributed by atoms with Gasteiger partial charge in [-0.25, -0.2) is 0 Å². The molecule has 0 aliphatic carbocycles. The predicted molar refractivity (Wildman–Crippen MR) is 56.0 cm³/mol. The van der Waals surface area contributed by atoms with E-state index in [-0.39, 0.29) is 5.91 Å². The Morgan fingerprint density at radius 1 is 1.57 bits per heavy atom. The summed E-state index contributed by atoms with van der Waals surface area (Å²) in [5.74, 6) is -0.214. The van der Waals surface area contributed by atoms with Crippen molar-refractivity contribution in [1.82, 2.24) is 0 Å². The van der Waals surface area contributed by atoms with Crippen LogP contribution in [-0.2, 0) is 16.1 Å². The minimum atomic E-state index is -0.214. The van der Waals surface area contributed by atoms with Crippen molar-refractivity contribution < 1.29 is 9.53 Å². The molecule has 1 N–H and O–H groups in total. The van der Waals surface area contributed by atoms with E-state index in [0.29, 0.717) is 6.61 Å². The van der Waals surface area contributed by atoms with Gasteiger partial charge in [0.1, 0.15) is 0 Å². The molecule has 0 spiro atoms. The molecule has 0 unspecified atom stereocenters. The lowest BCUT2D eigenvalue weighted by molar-refractivity contribution is -0.111. The van der Waals surface area contributed by atoms with Gasteiger partial charge in [0.15, 0.2) is 0 Å². The van der Waals surface area contributed by atoms with Gasteiger partial charge in [-0.2, -0.15) is 0 Å². The van der Waals surface area contributed by atoms with E-state index >= 15 is 0 Å². The smallest absolute Gasteiger partial charge is 0.247 e. The molecule has 0 aliphatic rings. The summed E-state index contributed by atoms with van der Waals surface area (Å²) in [7, 11) is 1.62. The highest BCUT2D eigenvalue weighted by Gasteiger charge is 2.02. The molecule has 1 amide bonds. The predicted octanol–water partition coefficient (Wildman–Crippen LogP) is 1.96. The minimum Gasteiger partial charge on any atom is -0.380 e. The summed E-state index contributed by atoms with van der Waals surface area (Å²) in [5, 5.41) is 2.71. The number of nitrogens with one attached hydrogen (secondary N) is 1. The van der Waals surface area contributed by atoms with Crippen molar-refractivity contribution in [3.05, 3.63) is 42.5 Å². The molecule has 0 fully saturated rings. The zero-order valence-electron chi connectivity index (χ0n) is 8.12. The standard InChI is InChI=1S/C11H13NO2/c1-3-11(13)12-10-7-5-4-6-9(10)8-14-2/h3-7H,1,8H2,2H3,(H,12,13). The van der Waals surface area contributed by atoms with E-state index in [4.69, 9.17) is 4.74 Å².